The van der Waals surface area contributed by atoms with Gasteiger partial charge in [0.15, 0.2) is 0 Å². The number of imidazole rings is 1. The van der Waals surface area contributed by atoms with Crippen molar-refractivity contribution < 1.29 is 0 Å². The summed E-state index contributed by atoms with van der Waals surface area (Å²) < 4.78 is 2.29. The highest BCUT2D eigenvalue weighted by atomic mass is 15.1. The molecule has 3 aromatic rings. The number of hydrogen-bond donors (Lipinski definition) is 0. The molecule has 20 heavy (non-hydrogen) atoms. The van der Waals surface area contributed by atoms with Gasteiger partial charge in [-0.15, -0.1) is 0 Å². The fourth-order valence-corrected chi connectivity index (χ4v) is 3.11. The monoisotopic (exact) mass is 261 g/mol. The van der Waals surface area contributed by atoms with Crippen molar-refractivity contribution in [1.29, 1.82) is 0 Å². The van der Waals surface area contributed by atoms with Gasteiger partial charge in [-0.05, 0) is 36.1 Å². The van der Waals surface area contributed by atoms with E-state index in [9.17, 15) is 0 Å². The van der Waals surface area contributed by atoms with E-state index in [0.29, 0.717) is 6.04 Å². The first-order chi connectivity index (χ1) is 9.93. The minimum atomic E-state index is 0.400. The first kappa shape index (κ1) is 11.4. The van der Waals surface area contributed by atoms with Gasteiger partial charge in [0.2, 0.25) is 0 Å². The van der Waals surface area contributed by atoms with Crippen LogP contribution in [0.3, 0.4) is 0 Å². The third-order valence-electron chi connectivity index (χ3n) is 4.04. The van der Waals surface area contributed by atoms with Crippen LogP contribution in [0.25, 0.3) is 11.4 Å². The summed E-state index contributed by atoms with van der Waals surface area (Å²) in [6.45, 7) is 0. The van der Waals surface area contributed by atoms with Crippen molar-refractivity contribution in [1.82, 2.24) is 14.5 Å². The summed E-state index contributed by atoms with van der Waals surface area (Å²) in [7, 11) is 0. The number of rotatable bonds is 2. The van der Waals surface area contributed by atoms with Crippen LogP contribution in [0.5, 0.6) is 0 Å². The number of fused-ring (bicyclic) bond motifs is 1. The van der Waals surface area contributed by atoms with Crippen LogP contribution < -0.4 is 0 Å². The highest BCUT2D eigenvalue weighted by Gasteiger charge is 2.25. The summed E-state index contributed by atoms with van der Waals surface area (Å²) in [5, 5.41) is 0. The lowest BCUT2D eigenvalue weighted by atomic mass is 10.1. The first-order valence-electron chi connectivity index (χ1n) is 6.94. The average molecular weight is 261 g/mol. The molecular formula is C17H15N3. The standard InChI is InChI=1S/C17H15N3/c1-2-4-15-13(3-1)5-6-16(15)20-12-11-19-17(20)14-7-9-18-10-8-14/h1-4,7-12,16H,5-6H2/t16-/m0/s1. The van der Waals surface area contributed by atoms with Crippen LogP contribution in [-0.2, 0) is 6.42 Å². The van der Waals surface area contributed by atoms with E-state index in [1.165, 1.54) is 11.1 Å². The Bertz CT molecular complexity index is 731. The summed E-state index contributed by atoms with van der Waals surface area (Å²) in [5.41, 5.74) is 4.02. The van der Waals surface area contributed by atoms with Gasteiger partial charge < -0.3 is 4.57 Å². The lowest BCUT2D eigenvalue weighted by molar-refractivity contribution is 0.585. The summed E-state index contributed by atoms with van der Waals surface area (Å²) >= 11 is 0. The molecule has 0 N–H and O–H groups in total. The maximum absolute atomic E-state index is 4.54. The third kappa shape index (κ3) is 1.74. The average Bonchev–Trinajstić information content (AvgIpc) is 3.14. The van der Waals surface area contributed by atoms with Crippen molar-refractivity contribution in [2.24, 2.45) is 0 Å². The van der Waals surface area contributed by atoms with E-state index in [-0.39, 0.29) is 0 Å². The van der Waals surface area contributed by atoms with Crippen molar-refractivity contribution in [2.75, 3.05) is 0 Å². The molecule has 2 aromatic heterocycles. The van der Waals surface area contributed by atoms with Crippen LogP contribution in [-0.4, -0.2) is 14.5 Å². The molecule has 2 heterocycles. The Kier molecular flexibility index (Phi) is 2.62. The molecule has 0 spiro atoms. The second-order valence-corrected chi connectivity index (χ2v) is 5.15. The van der Waals surface area contributed by atoms with Gasteiger partial charge in [-0.2, -0.15) is 0 Å². The minimum Gasteiger partial charge on any atom is -0.323 e. The van der Waals surface area contributed by atoms with Crippen molar-refractivity contribution in [3.05, 3.63) is 72.3 Å². The molecule has 1 atom stereocenters. The van der Waals surface area contributed by atoms with Gasteiger partial charge in [-0.25, -0.2) is 4.98 Å². The zero-order chi connectivity index (χ0) is 13.4. The highest BCUT2D eigenvalue weighted by Crippen LogP contribution is 2.36. The summed E-state index contributed by atoms with van der Waals surface area (Å²) in [5.74, 6) is 1.02. The predicted octanol–water partition coefficient (Wildman–Crippen LogP) is 3.48. The molecule has 3 heteroatoms. The van der Waals surface area contributed by atoms with Crippen molar-refractivity contribution in [3.63, 3.8) is 0 Å². The third-order valence-corrected chi connectivity index (χ3v) is 4.04. The zero-order valence-electron chi connectivity index (χ0n) is 11.1. The number of aryl methyl sites for hydroxylation is 1. The van der Waals surface area contributed by atoms with Gasteiger partial charge in [-0.3, -0.25) is 4.98 Å². The number of aromatic nitrogens is 3. The number of hydrogen-bond acceptors (Lipinski definition) is 2. The summed E-state index contributed by atoms with van der Waals surface area (Å²) in [6, 6.07) is 13.2. The Labute approximate surface area is 117 Å². The second kappa shape index (κ2) is 4.60. The van der Waals surface area contributed by atoms with Crippen LogP contribution in [0.4, 0.5) is 0 Å². The number of pyridine rings is 1. The normalized spacial score (nSPS) is 17.1. The molecule has 0 unspecified atom stereocenters. The minimum absolute atomic E-state index is 0.400. The van der Waals surface area contributed by atoms with E-state index in [1.54, 1.807) is 0 Å². The van der Waals surface area contributed by atoms with E-state index < -0.39 is 0 Å². The van der Waals surface area contributed by atoms with Gasteiger partial charge in [0, 0.05) is 30.4 Å². The largest absolute Gasteiger partial charge is 0.323 e. The molecule has 98 valence electrons. The van der Waals surface area contributed by atoms with Crippen molar-refractivity contribution in [3.8, 4) is 11.4 Å². The summed E-state index contributed by atoms with van der Waals surface area (Å²) in [4.78, 5) is 8.62. The number of benzene rings is 1. The molecule has 4 rings (SSSR count). The molecule has 0 saturated carbocycles. The lowest BCUT2D eigenvalue weighted by Crippen LogP contribution is -2.08. The maximum Gasteiger partial charge on any atom is 0.140 e. The van der Waals surface area contributed by atoms with Gasteiger partial charge >= 0.3 is 0 Å². The zero-order valence-corrected chi connectivity index (χ0v) is 11.1. The number of nitrogens with zero attached hydrogens (tertiary/aromatic N) is 3. The molecule has 1 aliphatic carbocycles. The molecule has 1 aliphatic rings. The maximum atomic E-state index is 4.54. The predicted molar refractivity (Wildman–Crippen MR) is 78.4 cm³/mol. The fraction of sp³-hybridized carbons (Fsp3) is 0.176. The lowest BCUT2D eigenvalue weighted by Gasteiger charge is -2.16. The molecular weight excluding hydrogens is 246 g/mol. The molecule has 0 radical (unpaired) electrons. The van der Waals surface area contributed by atoms with Gasteiger partial charge in [0.05, 0.1) is 6.04 Å². The fourth-order valence-electron chi connectivity index (χ4n) is 3.11. The Morgan fingerprint density at radius 2 is 1.85 bits per heavy atom. The van der Waals surface area contributed by atoms with E-state index >= 15 is 0 Å². The SMILES string of the molecule is c1ccc2c(c1)CC[C@@H]2n1ccnc1-c1ccncc1. The smallest absolute Gasteiger partial charge is 0.140 e. The van der Waals surface area contributed by atoms with E-state index in [0.717, 1.165) is 24.2 Å². The van der Waals surface area contributed by atoms with Crippen molar-refractivity contribution >= 4 is 0 Å². The second-order valence-electron chi connectivity index (χ2n) is 5.15. The van der Waals surface area contributed by atoms with Gasteiger partial charge in [0.1, 0.15) is 5.82 Å². The molecule has 1 aromatic carbocycles. The van der Waals surface area contributed by atoms with E-state index in [2.05, 4.69) is 45.0 Å². The summed E-state index contributed by atoms with van der Waals surface area (Å²) in [6.07, 6.45) is 9.90. The molecule has 0 bridgehead atoms. The highest BCUT2D eigenvalue weighted by molar-refractivity contribution is 5.55. The van der Waals surface area contributed by atoms with Crippen LogP contribution in [0, 0.1) is 0 Å². The van der Waals surface area contributed by atoms with Crippen molar-refractivity contribution in [2.45, 2.75) is 18.9 Å². The molecule has 0 saturated heterocycles. The van der Waals surface area contributed by atoms with E-state index in [4.69, 9.17) is 0 Å². The van der Waals surface area contributed by atoms with Crippen LogP contribution >= 0.6 is 0 Å². The quantitative estimate of drug-likeness (QED) is 0.707. The van der Waals surface area contributed by atoms with Gasteiger partial charge in [0.25, 0.3) is 0 Å². The first-order valence-corrected chi connectivity index (χ1v) is 6.94. The molecule has 0 fully saturated rings. The molecule has 3 nitrogen and oxygen atoms in total. The van der Waals surface area contributed by atoms with Crippen LogP contribution in [0.2, 0.25) is 0 Å². The van der Waals surface area contributed by atoms with Crippen LogP contribution in [0.1, 0.15) is 23.6 Å². The Morgan fingerprint density at radius 3 is 2.75 bits per heavy atom. The van der Waals surface area contributed by atoms with Gasteiger partial charge in [-0.1, -0.05) is 24.3 Å². The topological polar surface area (TPSA) is 30.7 Å². The Morgan fingerprint density at radius 1 is 1.00 bits per heavy atom. The van der Waals surface area contributed by atoms with E-state index in [1.807, 2.05) is 30.7 Å². The molecule has 0 aliphatic heterocycles. The molecule has 0 amide bonds. The Balaban J connectivity index is 1.81. The van der Waals surface area contributed by atoms with Crippen LogP contribution in [0.15, 0.2) is 61.2 Å². The Hall–Kier alpha value is -2.42.